The molecule has 0 spiro atoms. The third-order valence-electron chi connectivity index (χ3n) is 4.70. The maximum absolute atomic E-state index is 12.9. The molecule has 124 valence electrons. The van der Waals surface area contributed by atoms with Gasteiger partial charge in [-0.1, -0.05) is 12.1 Å². The molecule has 1 aromatic carbocycles. The van der Waals surface area contributed by atoms with Crippen molar-refractivity contribution in [3.8, 4) is 17.0 Å². The molecular formula is C17H23N3O3. The van der Waals surface area contributed by atoms with E-state index < -0.39 is 0 Å². The van der Waals surface area contributed by atoms with Gasteiger partial charge in [0.05, 0.1) is 20.2 Å². The van der Waals surface area contributed by atoms with Crippen LogP contribution in [0.2, 0.25) is 0 Å². The molecule has 2 aromatic rings. The second kappa shape index (κ2) is 5.86. The standard InChI is InChI=1S/C17H23N3O3/c1-11-9-13(3)14(10-12(11)2)15-16(21)19-7-5-18(23-4)6-8-20(19)17(15)22/h9-10,21H,5-8H2,1-4H3. The van der Waals surface area contributed by atoms with Crippen LogP contribution in [0.25, 0.3) is 11.1 Å². The minimum absolute atomic E-state index is 0.0410. The Hall–Kier alpha value is -2.05. The lowest BCUT2D eigenvalue weighted by molar-refractivity contribution is -0.130. The SMILES string of the molecule is CON1CCn2c(O)c(-c3cc(C)c(C)cc3C)c(=O)n2CC1. The van der Waals surface area contributed by atoms with E-state index in [-0.39, 0.29) is 11.4 Å². The zero-order valence-corrected chi connectivity index (χ0v) is 14.1. The van der Waals surface area contributed by atoms with Gasteiger partial charge < -0.3 is 9.94 Å². The molecule has 6 heteroatoms. The topological polar surface area (TPSA) is 59.6 Å². The first-order valence-electron chi connectivity index (χ1n) is 7.84. The Labute approximate surface area is 135 Å². The average Bonchev–Trinajstić information content (AvgIpc) is 2.69. The van der Waals surface area contributed by atoms with E-state index in [1.54, 1.807) is 21.5 Å². The van der Waals surface area contributed by atoms with Crippen molar-refractivity contribution < 1.29 is 9.94 Å². The summed E-state index contributed by atoms with van der Waals surface area (Å²) in [6.45, 7) is 8.29. The molecule has 6 nitrogen and oxygen atoms in total. The van der Waals surface area contributed by atoms with Crippen molar-refractivity contribution in [2.24, 2.45) is 0 Å². The molecule has 1 aliphatic rings. The van der Waals surface area contributed by atoms with Crippen molar-refractivity contribution >= 4 is 0 Å². The van der Waals surface area contributed by atoms with Crippen molar-refractivity contribution in [3.05, 3.63) is 39.2 Å². The fourth-order valence-corrected chi connectivity index (χ4v) is 3.20. The molecule has 1 N–H and O–H groups in total. The third kappa shape index (κ3) is 2.58. The van der Waals surface area contributed by atoms with Gasteiger partial charge >= 0.3 is 0 Å². The summed E-state index contributed by atoms with van der Waals surface area (Å²) < 4.78 is 3.27. The molecule has 0 saturated heterocycles. The van der Waals surface area contributed by atoms with Gasteiger partial charge in [-0.3, -0.25) is 4.79 Å². The van der Waals surface area contributed by atoms with Crippen LogP contribution in [0.3, 0.4) is 0 Å². The highest BCUT2D eigenvalue weighted by Crippen LogP contribution is 2.31. The van der Waals surface area contributed by atoms with Gasteiger partial charge in [0, 0.05) is 13.1 Å². The summed E-state index contributed by atoms with van der Waals surface area (Å²) in [5, 5.41) is 12.5. The second-order valence-electron chi connectivity index (χ2n) is 6.11. The smallest absolute Gasteiger partial charge is 0.278 e. The molecule has 0 atom stereocenters. The number of rotatable bonds is 2. The fourth-order valence-electron chi connectivity index (χ4n) is 3.20. The van der Waals surface area contributed by atoms with E-state index in [0.717, 1.165) is 16.7 Å². The number of hydrogen-bond acceptors (Lipinski definition) is 4. The Bertz CT molecular complexity index is 804. The summed E-state index contributed by atoms with van der Waals surface area (Å²) in [6.07, 6.45) is 0. The second-order valence-corrected chi connectivity index (χ2v) is 6.11. The number of hydrogen-bond donors (Lipinski definition) is 1. The van der Waals surface area contributed by atoms with Gasteiger partial charge in [-0.25, -0.2) is 9.36 Å². The number of nitrogens with zero attached hydrogens (tertiary/aromatic N) is 3. The van der Waals surface area contributed by atoms with Crippen LogP contribution < -0.4 is 5.56 Å². The molecule has 0 amide bonds. The lowest BCUT2D eigenvalue weighted by atomic mass is 9.97. The van der Waals surface area contributed by atoms with Gasteiger partial charge in [-0.15, -0.1) is 0 Å². The first-order valence-corrected chi connectivity index (χ1v) is 7.84. The molecule has 0 bridgehead atoms. The van der Waals surface area contributed by atoms with Crippen molar-refractivity contribution in [2.75, 3.05) is 20.2 Å². The molecule has 0 radical (unpaired) electrons. The number of benzene rings is 1. The van der Waals surface area contributed by atoms with E-state index >= 15 is 0 Å². The Balaban J connectivity index is 2.14. The van der Waals surface area contributed by atoms with Crippen LogP contribution in [0, 0.1) is 20.8 Å². The van der Waals surface area contributed by atoms with Gasteiger partial charge in [0.15, 0.2) is 0 Å². The quantitative estimate of drug-likeness (QED) is 0.918. The van der Waals surface area contributed by atoms with Crippen LogP contribution in [0.5, 0.6) is 5.88 Å². The number of aromatic nitrogens is 2. The Morgan fingerprint density at radius 1 is 0.957 bits per heavy atom. The van der Waals surface area contributed by atoms with E-state index in [1.807, 2.05) is 26.8 Å². The van der Waals surface area contributed by atoms with Gasteiger partial charge in [-0.05, 0) is 43.0 Å². The van der Waals surface area contributed by atoms with E-state index in [2.05, 4.69) is 6.07 Å². The fraction of sp³-hybridized carbons (Fsp3) is 0.471. The maximum atomic E-state index is 12.9. The molecule has 0 fully saturated rings. The van der Waals surface area contributed by atoms with Crippen molar-refractivity contribution in [2.45, 2.75) is 33.9 Å². The molecule has 3 rings (SSSR count). The van der Waals surface area contributed by atoms with Crippen LogP contribution in [0.15, 0.2) is 16.9 Å². The van der Waals surface area contributed by atoms with Crippen LogP contribution >= 0.6 is 0 Å². The van der Waals surface area contributed by atoms with Gasteiger partial charge in [0.1, 0.15) is 5.56 Å². The summed E-state index contributed by atoms with van der Waals surface area (Å²) >= 11 is 0. The largest absolute Gasteiger partial charge is 0.493 e. The van der Waals surface area contributed by atoms with E-state index in [0.29, 0.717) is 31.7 Å². The summed E-state index contributed by atoms with van der Waals surface area (Å²) in [7, 11) is 1.62. The number of hydroxylamine groups is 2. The Morgan fingerprint density at radius 3 is 2.22 bits per heavy atom. The minimum Gasteiger partial charge on any atom is -0.493 e. The summed E-state index contributed by atoms with van der Waals surface area (Å²) in [6, 6.07) is 4.05. The van der Waals surface area contributed by atoms with Crippen LogP contribution in [0.4, 0.5) is 0 Å². The average molecular weight is 317 g/mol. The highest BCUT2D eigenvalue weighted by atomic mass is 16.7. The molecule has 0 unspecified atom stereocenters. The zero-order valence-electron chi connectivity index (χ0n) is 14.1. The molecule has 1 aromatic heterocycles. The summed E-state index contributed by atoms with van der Waals surface area (Å²) in [5.74, 6) is 0.0410. The van der Waals surface area contributed by atoms with Crippen molar-refractivity contribution in [3.63, 3.8) is 0 Å². The van der Waals surface area contributed by atoms with Gasteiger partial charge in [0.2, 0.25) is 5.88 Å². The Morgan fingerprint density at radius 2 is 1.57 bits per heavy atom. The van der Waals surface area contributed by atoms with E-state index in [4.69, 9.17) is 4.84 Å². The first-order chi connectivity index (χ1) is 10.9. The van der Waals surface area contributed by atoms with Gasteiger partial charge in [0.25, 0.3) is 5.56 Å². The summed E-state index contributed by atoms with van der Waals surface area (Å²) in [5.41, 5.74) is 4.36. The van der Waals surface area contributed by atoms with Crippen LogP contribution in [-0.2, 0) is 17.9 Å². The van der Waals surface area contributed by atoms with Crippen molar-refractivity contribution in [1.82, 2.24) is 14.4 Å². The number of aromatic hydroxyl groups is 1. The van der Waals surface area contributed by atoms with E-state index in [9.17, 15) is 9.90 Å². The first kappa shape index (κ1) is 15.8. The Kier molecular flexibility index (Phi) is 4.04. The maximum Gasteiger partial charge on any atom is 0.278 e. The number of aryl methyl sites for hydroxylation is 3. The highest BCUT2D eigenvalue weighted by Gasteiger charge is 2.25. The molecule has 2 heterocycles. The van der Waals surface area contributed by atoms with Crippen LogP contribution in [-0.4, -0.2) is 39.7 Å². The normalized spacial score (nSPS) is 15.5. The molecular weight excluding hydrogens is 294 g/mol. The van der Waals surface area contributed by atoms with E-state index in [1.165, 1.54) is 5.56 Å². The monoisotopic (exact) mass is 317 g/mol. The lowest BCUT2D eigenvalue weighted by Gasteiger charge is -2.15. The molecule has 1 aliphatic heterocycles. The minimum atomic E-state index is -0.146. The highest BCUT2D eigenvalue weighted by molar-refractivity contribution is 5.72. The predicted molar refractivity (Wildman–Crippen MR) is 88.6 cm³/mol. The van der Waals surface area contributed by atoms with Crippen LogP contribution in [0.1, 0.15) is 16.7 Å². The molecule has 0 aliphatic carbocycles. The van der Waals surface area contributed by atoms with Gasteiger partial charge in [-0.2, -0.15) is 5.06 Å². The zero-order chi connectivity index (χ0) is 16.7. The lowest BCUT2D eigenvalue weighted by Crippen LogP contribution is -2.27. The summed E-state index contributed by atoms with van der Waals surface area (Å²) in [4.78, 5) is 18.1. The predicted octanol–water partition coefficient (Wildman–Crippen LogP) is 1.82. The van der Waals surface area contributed by atoms with Crippen molar-refractivity contribution in [1.29, 1.82) is 0 Å². The molecule has 23 heavy (non-hydrogen) atoms. The number of fused-ring (bicyclic) bond motifs is 1. The molecule has 0 saturated carbocycles. The third-order valence-corrected chi connectivity index (χ3v) is 4.70.